The van der Waals surface area contributed by atoms with Crippen LogP contribution in [0.4, 0.5) is 28.9 Å². The van der Waals surface area contributed by atoms with Crippen molar-refractivity contribution < 1.29 is 22.7 Å². The van der Waals surface area contributed by atoms with Crippen LogP contribution < -0.4 is 21.2 Å². The van der Waals surface area contributed by atoms with Gasteiger partial charge in [0.1, 0.15) is 23.7 Å². The molecule has 13 nitrogen and oxygen atoms in total. The number of nitrogens with zero attached hydrogens (tertiary/aromatic N) is 9. The van der Waals surface area contributed by atoms with Crippen LogP contribution in [0.5, 0.6) is 0 Å². The molecule has 4 heterocycles. The summed E-state index contributed by atoms with van der Waals surface area (Å²) in [6.45, 7) is 7.24. The Kier molecular flexibility index (Phi) is 9.21. The first-order valence-corrected chi connectivity index (χ1v) is 17.0. The van der Waals surface area contributed by atoms with Crippen molar-refractivity contribution in [2.24, 2.45) is 0 Å². The van der Waals surface area contributed by atoms with Gasteiger partial charge in [0.15, 0.2) is 5.54 Å². The number of piperazine rings is 1. The minimum atomic E-state index is -4.01. The number of hydrogen-bond donors (Lipinski definition) is 2. The smallest absolute Gasteiger partial charge is 0.362 e. The zero-order chi connectivity index (χ0) is 38.4. The molecule has 6 aromatic rings. The Hall–Kier alpha value is -6.10. The van der Waals surface area contributed by atoms with Gasteiger partial charge in [-0.1, -0.05) is 24.3 Å². The lowest BCUT2D eigenvalue weighted by atomic mass is 9.83. The van der Waals surface area contributed by atoms with Crippen molar-refractivity contribution in [3.8, 4) is 16.8 Å². The van der Waals surface area contributed by atoms with E-state index >= 15 is 8.78 Å². The van der Waals surface area contributed by atoms with Crippen LogP contribution >= 0.6 is 0 Å². The Labute approximate surface area is 305 Å². The summed E-state index contributed by atoms with van der Waals surface area (Å²) in [4.78, 5) is 33.8. The lowest BCUT2D eigenvalue weighted by molar-refractivity contribution is -0.104. The molecule has 3 aromatic carbocycles. The van der Waals surface area contributed by atoms with E-state index in [0.29, 0.717) is 22.0 Å². The van der Waals surface area contributed by atoms with E-state index in [0.717, 1.165) is 68.2 Å². The normalized spacial score (nSPS) is 15.0. The fraction of sp³-hybridized carbons (Fsp3) is 0.297. The summed E-state index contributed by atoms with van der Waals surface area (Å²) >= 11 is 0. The Morgan fingerprint density at radius 1 is 0.796 bits per heavy atom. The van der Waals surface area contributed by atoms with Crippen molar-refractivity contribution in [3.63, 3.8) is 0 Å². The van der Waals surface area contributed by atoms with E-state index < -0.39 is 45.6 Å². The fourth-order valence-corrected chi connectivity index (χ4v) is 6.69. The van der Waals surface area contributed by atoms with Gasteiger partial charge in [0.05, 0.1) is 17.8 Å². The number of aliphatic hydroxyl groups is 1. The zero-order valence-corrected chi connectivity index (χ0v) is 29.5. The molecule has 1 aliphatic rings. The van der Waals surface area contributed by atoms with Crippen molar-refractivity contribution in [3.05, 3.63) is 135 Å². The number of halogens is 4. The van der Waals surface area contributed by atoms with Gasteiger partial charge in [-0.05, 0) is 85.3 Å². The number of hydrogen-bond acceptors (Lipinski definition) is 9. The maximum Gasteiger partial charge on any atom is 0.362 e. The van der Waals surface area contributed by atoms with Crippen LogP contribution in [0.3, 0.4) is 0 Å². The molecule has 17 heteroatoms. The van der Waals surface area contributed by atoms with E-state index in [1.54, 1.807) is 13.8 Å². The van der Waals surface area contributed by atoms with E-state index in [1.165, 1.54) is 27.8 Å². The molecule has 0 bridgehead atoms. The third kappa shape index (κ3) is 6.66. The van der Waals surface area contributed by atoms with Crippen LogP contribution in [0.25, 0.3) is 16.8 Å². The highest BCUT2D eigenvalue weighted by Gasteiger charge is 2.58. The predicted molar refractivity (Wildman–Crippen MR) is 192 cm³/mol. The van der Waals surface area contributed by atoms with E-state index in [2.05, 4.69) is 30.3 Å². The van der Waals surface area contributed by atoms with Gasteiger partial charge in [0, 0.05) is 60.9 Å². The molecule has 1 atom stereocenters. The number of nitrogens with one attached hydrogen (secondary N) is 1. The molecule has 3 aromatic heterocycles. The lowest BCUT2D eigenvalue weighted by Crippen LogP contribution is -2.52. The number of aromatic amines is 1. The molecule has 0 spiro atoms. The highest BCUT2D eigenvalue weighted by atomic mass is 19.3. The Morgan fingerprint density at radius 3 is 1.93 bits per heavy atom. The molecule has 0 amide bonds. The topological polar surface area (TPSA) is 143 Å². The summed E-state index contributed by atoms with van der Waals surface area (Å²) in [6.07, 6.45) is 2.72. The van der Waals surface area contributed by atoms with Gasteiger partial charge in [-0.15, -0.1) is 0 Å². The van der Waals surface area contributed by atoms with E-state index in [4.69, 9.17) is 0 Å². The number of anilines is 2. The van der Waals surface area contributed by atoms with Crippen LogP contribution in [-0.4, -0.2) is 76.4 Å². The number of H-pyrrole nitrogens is 1. The van der Waals surface area contributed by atoms with Gasteiger partial charge in [0.25, 0.3) is 0 Å². The Bertz CT molecular complexity index is 2380. The third-order valence-corrected chi connectivity index (χ3v) is 9.66. The first-order chi connectivity index (χ1) is 25.7. The van der Waals surface area contributed by atoms with Crippen LogP contribution in [0.2, 0.25) is 0 Å². The Morgan fingerprint density at radius 2 is 1.39 bits per heavy atom. The second kappa shape index (κ2) is 13.7. The maximum atomic E-state index is 16.4. The van der Waals surface area contributed by atoms with Gasteiger partial charge >= 0.3 is 17.3 Å². The molecule has 0 aliphatic carbocycles. The standard InChI is InChI=1S/C37H36F4N10O3/c1-35(2,54)22-50-34(53)49(23-43-50)29-12-10-28(11-13-29)48-18-16-47(17-19-48)27-8-4-24(5-9-27)25-6-15-32(42-21-25)37(40,41)36(3,51-33(52)44-45-46-51)30-14-7-26(38)20-31(30)39/h4-15,20-21,23,54H,16-19,22H2,1-3H3,(H,44,46,52)/t36-/m1/s1. The van der Waals surface area contributed by atoms with Gasteiger partial charge < -0.3 is 14.9 Å². The maximum absolute atomic E-state index is 16.4. The van der Waals surface area contributed by atoms with Crippen LogP contribution in [0.1, 0.15) is 32.0 Å². The number of rotatable bonds is 10. The van der Waals surface area contributed by atoms with Crippen LogP contribution in [-0.2, 0) is 18.0 Å². The number of aromatic nitrogens is 8. The molecule has 0 saturated carbocycles. The zero-order valence-electron chi connectivity index (χ0n) is 29.5. The number of alkyl halides is 2. The summed E-state index contributed by atoms with van der Waals surface area (Å²) < 4.78 is 64.5. The van der Waals surface area contributed by atoms with Gasteiger partial charge in [-0.2, -0.15) is 18.6 Å². The van der Waals surface area contributed by atoms with E-state index in [-0.39, 0.29) is 12.2 Å². The second-order valence-electron chi connectivity index (χ2n) is 13.9. The van der Waals surface area contributed by atoms with Gasteiger partial charge in [-0.25, -0.2) is 32.7 Å². The van der Waals surface area contributed by atoms with Crippen LogP contribution in [0, 0.1) is 11.6 Å². The highest BCUT2D eigenvalue weighted by Crippen LogP contribution is 2.47. The summed E-state index contributed by atoms with van der Waals surface area (Å²) in [5, 5.41) is 22.9. The average molecular weight is 745 g/mol. The molecule has 1 fully saturated rings. The van der Waals surface area contributed by atoms with E-state index in [9.17, 15) is 23.5 Å². The first kappa shape index (κ1) is 36.3. The monoisotopic (exact) mass is 744 g/mol. The van der Waals surface area contributed by atoms with Crippen molar-refractivity contribution >= 4 is 11.4 Å². The van der Waals surface area contributed by atoms with Crippen molar-refractivity contribution in [2.75, 3.05) is 36.0 Å². The Balaban J connectivity index is 1.02. The number of benzene rings is 3. The van der Waals surface area contributed by atoms with E-state index in [1.807, 2.05) is 53.6 Å². The SMILES string of the molecule is CC(C)(O)Cn1ncn(-c2ccc(N3CCN(c4ccc(-c5ccc(C(F)(F)[C@@](C)(c6ccc(F)cc6F)n6nn[nH]c6=O)nc5)cc4)CC3)cc2)c1=O. The summed E-state index contributed by atoms with van der Waals surface area (Å²) in [6, 6.07) is 20.0. The molecule has 2 N–H and O–H groups in total. The molecule has 0 unspecified atom stereocenters. The van der Waals surface area contributed by atoms with Crippen molar-refractivity contribution in [1.29, 1.82) is 0 Å². The highest BCUT2D eigenvalue weighted by molar-refractivity contribution is 5.66. The molecule has 54 heavy (non-hydrogen) atoms. The molecule has 1 aliphatic heterocycles. The quantitative estimate of drug-likeness (QED) is 0.196. The minimum Gasteiger partial charge on any atom is -0.389 e. The molecule has 1 saturated heterocycles. The average Bonchev–Trinajstić information content (AvgIpc) is 3.75. The van der Waals surface area contributed by atoms with Gasteiger partial charge in [-0.3, -0.25) is 4.98 Å². The fourth-order valence-electron chi connectivity index (χ4n) is 6.69. The third-order valence-electron chi connectivity index (χ3n) is 9.66. The second-order valence-corrected chi connectivity index (χ2v) is 13.9. The summed E-state index contributed by atoms with van der Waals surface area (Å²) in [5.41, 5.74) is -2.76. The molecule has 7 rings (SSSR count). The molecular weight excluding hydrogens is 708 g/mol. The summed E-state index contributed by atoms with van der Waals surface area (Å²) in [7, 11) is 0. The number of pyridine rings is 1. The molecular formula is C37H36F4N10O3. The number of tetrazole rings is 1. The molecule has 280 valence electrons. The first-order valence-electron chi connectivity index (χ1n) is 17.0. The minimum absolute atomic E-state index is 0.0811. The largest absolute Gasteiger partial charge is 0.389 e. The van der Waals surface area contributed by atoms with Crippen molar-refractivity contribution in [1.82, 2.24) is 39.5 Å². The molecule has 0 radical (unpaired) electrons. The summed E-state index contributed by atoms with van der Waals surface area (Å²) in [5.74, 6) is -6.27. The van der Waals surface area contributed by atoms with Crippen molar-refractivity contribution in [2.45, 2.75) is 44.4 Å². The van der Waals surface area contributed by atoms with Gasteiger partial charge in [0.2, 0.25) is 0 Å². The lowest BCUT2D eigenvalue weighted by Gasteiger charge is -2.37. The van der Waals surface area contributed by atoms with Crippen LogP contribution in [0.15, 0.2) is 101 Å². The predicted octanol–water partition coefficient (Wildman–Crippen LogP) is 4.31.